The van der Waals surface area contributed by atoms with Gasteiger partial charge < -0.3 is 15.2 Å². The monoisotopic (exact) mass is 287 g/mol. The van der Waals surface area contributed by atoms with Crippen molar-refractivity contribution in [2.24, 2.45) is 5.10 Å². The van der Waals surface area contributed by atoms with Crippen LogP contribution in [0.4, 0.5) is 0 Å². The number of hydrazone groups is 1. The summed E-state index contributed by atoms with van der Waals surface area (Å²) in [5.41, 5.74) is 3.13. The van der Waals surface area contributed by atoms with Crippen molar-refractivity contribution in [2.45, 2.75) is 0 Å². The third-order valence-corrected chi connectivity index (χ3v) is 2.42. The van der Waals surface area contributed by atoms with Crippen LogP contribution < -0.4 is 10.7 Å². The molecule has 1 rings (SSSR count). The van der Waals surface area contributed by atoms with Crippen LogP contribution in [0.1, 0.15) is 5.56 Å². The molecule has 0 aliphatic carbocycles. The first kappa shape index (κ1) is 14.7. The van der Waals surface area contributed by atoms with E-state index in [0.29, 0.717) is 28.9 Å². The topological polar surface area (TPSA) is 65.9 Å². The van der Waals surface area contributed by atoms with E-state index < -0.39 is 0 Å². The second-order valence-electron chi connectivity index (χ2n) is 3.32. The van der Waals surface area contributed by atoms with Crippen molar-refractivity contribution in [1.29, 1.82) is 0 Å². The zero-order valence-corrected chi connectivity index (χ0v) is 11.4. The Labute approximate surface area is 116 Å². The fourth-order valence-corrected chi connectivity index (χ4v) is 1.43. The van der Waals surface area contributed by atoms with E-state index in [2.05, 4.69) is 15.8 Å². The molecule has 0 bridgehead atoms. The summed E-state index contributed by atoms with van der Waals surface area (Å²) < 4.78 is 4.86. The molecule has 0 atom stereocenters. The zero-order chi connectivity index (χ0) is 13.4. The van der Waals surface area contributed by atoms with Gasteiger partial charge in [0.25, 0.3) is 0 Å². The van der Waals surface area contributed by atoms with E-state index in [0.717, 1.165) is 0 Å². The lowest BCUT2D eigenvalue weighted by molar-refractivity contribution is 0.204. The van der Waals surface area contributed by atoms with Crippen molar-refractivity contribution in [3.8, 4) is 5.75 Å². The van der Waals surface area contributed by atoms with E-state index in [1.807, 2.05) is 0 Å². The molecule has 1 aromatic rings. The van der Waals surface area contributed by atoms with Crippen LogP contribution in [0.25, 0.3) is 0 Å². The fourth-order valence-electron chi connectivity index (χ4n) is 1.10. The lowest BCUT2D eigenvalue weighted by Crippen LogP contribution is -2.34. The lowest BCUT2D eigenvalue weighted by Gasteiger charge is -2.05. The standard InChI is InChI=1S/C11H14ClN3O2S/c1-17-5-4-13-11(18)15-14-7-8-6-9(12)2-3-10(8)16/h2-3,6-7,16H,4-5H2,1H3,(H2,13,15,18)/b14-7+. The summed E-state index contributed by atoms with van der Waals surface area (Å²) >= 11 is 10.8. The molecule has 0 heterocycles. The number of methoxy groups -OCH3 is 1. The van der Waals surface area contributed by atoms with E-state index in [1.165, 1.54) is 12.3 Å². The predicted octanol–water partition coefficient (Wildman–Crippen LogP) is 1.49. The first-order valence-electron chi connectivity index (χ1n) is 5.18. The number of phenolic OH excluding ortho intramolecular Hbond substituents is 1. The van der Waals surface area contributed by atoms with Crippen molar-refractivity contribution in [3.05, 3.63) is 28.8 Å². The van der Waals surface area contributed by atoms with Crippen LogP contribution in [-0.2, 0) is 4.74 Å². The smallest absolute Gasteiger partial charge is 0.187 e. The molecule has 0 aromatic heterocycles. The molecule has 7 heteroatoms. The second kappa shape index (κ2) is 7.86. The molecule has 0 radical (unpaired) electrons. The highest BCUT2D eigenvalue weighted by Gasteiger charge is 1.98. The van der Waals surface area contributed by atoms with Crippen molar-refractivity contribution >= 4 is 35.1 Å². The van der Waals surface area contributed by atoms with Crippen LogP contribution in [0.5, 0.6) is 5.75 Å². The summed E-state index contributed by atoms with van der Waals surface area (Å²) in [6.07, 6.45) is 1.44. The van der Waals surface area contributed by atoms with E-state index in [-0.39, 0.29) is 5.75 Å². The number of halogens is 1. The quantitative estimate of drug-likeness (QED) is 0.331. The van der Waals surface area contributed by atoms with Gasteiger partial charge in [0.2, 0.25) is 0 Å². The predicted molar refractivity (Wildman–Crippen MR) is 76.3 cm³/mol. The maximum Gasteiger partial charge on any atom is 0.187 e. The molecule has 0 unspecified atom stereocenters. The van der Waals surface area contributed by atoms with Gasteiger partial charge in [0.05, 0.1) is 12.8 Å². The van der Waals surface area contributed by atoms with Gasteiger partial charge in [-0.25, -0.2) is 0 Å². The van der Waals surface area contributed by atoms with Crippen LogP contribution >= 0.6 is 23.8 Å². The number of hydrogen-bond donors (Lipinski definition) is 3. The molecule has 98 valence electrons. The summed E-state index contributed by atoms with van der Waals surface area (Å²) in [6.45, 7) is 1.15. The molecular formula is C11H14ClN3O2S. The van der Waals surface area contributed by atoms with Gasteiger partial charge in [-0.1, -0.05) is 11.6 Å². The second-order valence-corrected chi connectivity index (χ2v) is 4.17. The Morgan fingerprint density at radius 3 is 3.11 bits per heavy atom. The Morgan fingerprint density at radius 2 is 2.39 bits per heavy atom. The maximum atomic E-state index is 9.53. The van der Waals surface area contributed by atoms with E-state index in [9.17, 15) is 5.11 Å². The third-order valence-electron chi connectivity index (χ3n) is 1.95. The summed E-state index contributed by atoms with van der Waals surface area (Å²) in [4.78, 5) is 0. The Morgan fingerprint density at radius 1 is 1.61 bits per heavy atom. The van der Waals surface area contributed by atoms with Crippen LogP contribution in [0, 0.1) is 0 Å². The van der Waals surface area contributed by atoms with E-state index >= 15 is 0 Å². The average molecular weight is 288 g/mol. The molecule has 0 amide bonds. The van der Waals surface area contributed by atoms with Gasteiger partial charge in [0.15, 0.2) is 5.11 Å². The Kier molecular flexibility index (Phi) is 6.42. The summed E-state index contributed by atoms with van der Waals surface area (Å²) in [6, 6.07) is 4.70. The first-order chi connectivity index (χ1) is 8.63. The lowest BCUT2D eigenvalue weighted by atomic mass is 10.2. The summed E-state index contributed by atoms with van der Waals surface area (Å²) in [5, 5.41) is 17.2. The summed E-state index contributed by atoms with van der Waals surface area (Å²) in [5.74, 6) is 0.100. The molecular weight excluding hydrogens is 274 g/mol. The maximum absolute atomic E-state index is 9.53. The Hall–Kier alpha value is -1.37. The number of nitrogens with one attached hydrogen (secondary N) is 2. The van der Waals surface area contributed by atoms with Crippen molar-refractivity contribution in [2.75, 3.05) is 20.3 Å². The molecule has 0 saturated carbocycles. The Balaban J connectivity index is 2.44. The minimum Gasteiger partial charge on any atom is -0.507 e. The number of aromatic hydroxyl groups is 1. The van der Waals surface area contributed by atoms with Crippen molar-refractivity contribution in [3.63, 3.8) is 0 Å². The first-order valence-corrected chi connectivity index (χ1v) is 5.96. The molecule has 0 saturated heterocycles. The molecule has 3 N–H and O–H groups in total. The minimum atomic E-state index is 0.100. The van der Waals surface area contributed by atoms with Crippen LogP contribution in [0.2, 0.25) is 5.02 Å². The number of benzene rings is 1. The molecule has 0 aliphatic heterocycles. The van der Waals surface area contributed by atoms with Crippen LogP contribution in [0.15, 0.2) is 23.3 Å². The highest BCUT2D eigenvalue weighted by Crippen LogP contribution is 2.19. The number of nitrogens with zero attached hydrogens (tertiary/aromatic N) is 1. The van der Waals surface area contributed by atoms with Gasteiger partial charge in [0.1, 0.15) is 5.75 Å². The van der Waals surface area contributed by atoms with Crippen molar-refractivity contribution < 1.29 is 9.84 Å². The Bertz CT molecular complexity index is 440. The van der Waals surface area contributed by atoms with Gasteiger partial charge >= 0.3 is 0 Å². The van der Waals surface area contributed by atoms with Gasteiger partial charge in [-0.15, -0.1) is 0 Å². The number of rotatable bonds is 5. The van der Waals surface area contributed by atoms with Crippen molar-refractivity contribution in [1.82, 2.24) is 10.7 Å². The fraction of sp³-hybridized carbons (Fsp3) is 0.273. The average Bonchev–Trinajstić information content (AvgIpc) is 2.34. The molecule has 0 aliphatic rings. The summed E-state index contributed by atoms with van der Waals surface area (Å²) in [7, 11) is 1.61. The van der Waals surface area contributed by atoms with E-state index in [4.69, 9.17) is 28.6 Å². The normalized spacial score (nSPS) is 10.6. The van der Waals surface area contributed by atoms with Gasteiger partial charge in [-0.05, 0) is 30.4 Å². The molecule has 0 fully saturated rings. The molecule has 5 nitrogen and oxygen atoms in total. The van der Waals surface area contributed by atoms with Crippen LogP contribution in [-0.4, -0.2) is 36.7 Å². The third kappa shape index (κ3) is 5.31. The minimum absolute atomic E-state index is 0.100. The highest BCUT2D eigenvalue weighted by molar-refractivity contribution is 7.80. The number of thiocarbonyl (C=S) groups is 1. The van der Waals surface area contributed by atoms with Gasteiger partial charge in [0, 0.05) is 24.2 Å². The molecule has 18 heavy (non-hydrogen) atoms. The van der Waals surface area contributed by atoms with Crippen LogP contribution in [0.3, 0.4) is 0 Å². The SMILES string of the molecule is COCCNC(=S)N/N=C/c1cc(Cl)ccc1O. The zero-order valence-electron chi connectivity index (χ0n) is 9.81. The number of ether oxygens (including phenoxy) is 1. The molecule has 1 aromatic carbocycles. The largest absolute Gasteiger partial charge is 0.507 e. The van der Waals surface area contributed by atoms with Gasteiger partial charge in [-0.2, -0.15) is 5.10 Å². The number of hydrogen-bond acceptors (Lipinski definition) is 4. The van der Waals surface area contributed by atoms with E-state index in [1.54, 1.807) is 19.2 Å². The number of phenols is 1. The molecule has 0 spiro atoms. The van der Waals surface area contributed by atoms with Gasteiger partial charge in [-0.3, -0.25) is 5.43 Å². The highest BCUT2D eigenvalue weighted by atomic mass is 35.5.